The zero-order chi connectivity index (χ0) is 12.3. The Morgan fingerprint density at radius 1 is 1.71 bits per heavy atom. The zero-order valence-corrected chi connectivity index (χ0v) is 10.4. The van der Waals surface area contributed by atoms with Crippen molar-refractivity contribution in [3.8, 4) is 6.07 Å². The van der Waals surface area contributed by atoms with Crippen LogP contribution in [0, 0.1) is 11.3 Å². The van der Waals surface area contributed by atoms with Crippen LogP contribution in [0.3, 0.4) is 0 Å². The number of morpholine rings is 1. The third-order valence-corrected chi connectivity index (χ3v) is 3.26. The van der Waals surface area contributed by atoms with Gasteiger partial charge < -0.3 is 9.64 Å². The van der Waals surface area contributed by atoms with Gasteiger partial charge in [-0.1, -0.05) is 18.5 Å². The van der Waals surface area contributed by atoms with Gasteiger partial charge >= 0.3 is 0 Å². The third kappa shape index (κ3) is 2.51. The molecule has 1 atom stereocenters. The second-order valence-corrected chi connectivity index (χ2v) is 4.33. The molecule has 0 bridgehead atoms. The number of nitrogens with zero attached hydrogens (tertiary/aromatic N) is 3. The molecule has 0 aromatic carbocycles. The number of pyridine rings is 1. The van der Waals surface area contributed by atoms with E-state index in [1.54, 1.807) is 12.3 Å². The average Bonchev–Trinajstić information content (AvgIpc) is 2.39. The molecule has 1 aliphatic rings. The van der Waals surface area contributed by atoms with Crippen LogP contribution in [-0.4, -0.2) is 30.8 Å². The summed E-state index contributed by atoms with van der Waals surface area (Å²) in [5, 5.41) is 9.37. The van der Waals surface area contributed by atoms with Crippen LogP contribution < -0.4 is 4.90 Å². The Labute approximate surface area is 106 Å². The predicted molar refractivity (Wildman–Crippen MR) is 66.2 cm³/mol. The Morgan fingerprint density at radius 2 is 2.53 bits per heavy atom. The molecule has 1 unspecified atom stereocenters. The molecule has 0 aliphatic carbocycles. The summed E-state index contributed by atoms with van der Waals surface area (Å²) < 4.78 is 5.60. The lowest BCUT2D eigenvalue weighted by molar-refractivity contribution is 0.0382. The van der Waals surface area contributed by atoms with Crippen LogP contribution in [0.4, 0.5) is 5.82 Å². The van der Waals surface area contributed by atoms with Gasteiger partial charge in [0.25, 0.3) is 0 Å². The molecule has 1 saturated heterocycles. The summed E-state index contributed by atoms with van der Waals surface area (Å²) in [4.78, 5) is 6.35. The number of nitriles is 1. The first kappa shape index (κ1) is 12.2. The normalized spacial score (nSPS) is 20.1. The van der Waals surface area contributed by atoms with E-state index in [2.05, 4.69) is 22.9 Å². The number of rotatable bonds is 2. The fourth-order valence-corrected chi connectivity index (χ4v) is 2.17. The first-order valence-electron chi connectivity index (χ1n) is 5.67. The van der Waals surface area contributed by atoms with Crippen LogP contribution >= 0.6 is 11.6 Å². The predicted octanol–water partition coefficient (Wildman–Crippen LogP) is 2.22. The van der Waals surface area contributed by atoms with Crippen LogP contribution in [0.1, 0.15) is 18.9 Å². The summed E-state index contributed by atoms with van der Waals surface area (Å²) in [6.45, 7) is 4.30. The second-order valence-electron chi connectivity index (χ2n) is 3.95. The standard InChI is InChI=1S/C12H14ClN3O/c1-2-10-8-16(5-6-17-10)12-11(13)9(7-14)3-4-15-12/h3-4,10H,2,5-6,8H2,1H3. The highest BCUT2D eigenvalue weighted by molar-refractivity contribution is 6.34. The van der Waals surface area contributed by atoms with Crippen molar-refractivity contribution in [2.75, 3.05) is 24.6 Å². The maximum Gasteiger partial charge on any atom is 0.148 e. The van der Waals surface area contributed by atoms with E-state index in [0.717, 1.165) is 19.5 Å². The first-order chi connectivity index (χ1) is 8.26. The van der Waals surface area contributed by atoms with Gasteiger partial charge in [-0.25, -0.2) is 4.98 Å². The molecular weight excluding hydrogens is 238 g/mol. The van der Waals surface area contributed by atoms with Gasteiger partial charge in [0.05, 0.1) is 18.3 Å². The van der Waals surface area contributed by atoms with E-state index < -0.39 is 0 Å². The number of hydrogen-bond acceptors (Lipinski definition) is 4. The fourth-order valence-electron chi connectivity index (χ4n) is 1.90. The lowest BCUT2D eigenvalue weighted by Gasteiger charge is -2.33. The van der Waals surface area contributed by atoms with Gasteiger partial charge in [0, 0.05) is 19.3 Å². The van der Waals surface area contributed by atoms with E-state index in [1.165, 1.54) is 0 Å². The van der Waals surface area contributed by atoms with E-state index in [9.17, 15) is 0 Å². The molecule has 2 heterocycles. The van der Waals surface area contributed by atoms with Crippen molar-refractivity contribution in [1.82, 2.24) is 4.98 Å². The zero-order valence-electron chi connectivity index (χ0n) is 9.69. The average molecular weight is 252 g/mol. The van der Waals surface area contributed by atoms with Gasteiger partial charge in [0.1, 0.15) is 16.9 Å². The van der Waals surface area contributed by atoms with Crippen molar-refractivity contribution in [2.24, 2.45) is 0 Å². The molecule has 90 valence electrons. The van der Waals surface area contributed by atoms with E-state index in [0.29, 0.717) is 23.0 Å². The van der Waals surface area contributed by atoms with Crippen molar-refractivity contribution >= 4 is 17.4 Å². The third-order valence-electron chi connectivity index (χ3n) is 2.88. The molecule has 0 N–H and O–H groups in total. The molecule has 1 fully saturated rings. The lowest BCUT2D eigenvalue weighted by atomic mass is 10.2. The fraction of sp³-hybridized carbons (Fsp3) is 0.500. The summed E-state index contributed by atoms with van der Waals surface area (Å²) in [5.74, 6) is 0.687. The summed E-state index contributed by atoms with van der Waals surface area (Å²) >= 11 is 6.17. The van der Waals surface area contributed by atoms with Crippen molar-refractivity contribution in [3.63, 3.8) is 0 Å². The summed E-state index contributed by atoms with van der Waals surface area (Å²) in [5.41, 5.74) is 0.469. The van der Waals surface area contributed by atoms with Crippen LogP contribution in [0.2, 0.25) is 5.02 Å². The van der Waals surface area contributed by atoms with E-state index in [-0.39, 0.29) is 6.10 Å². The monoisotopic (exact) mass is 251 g/mol. The summed E-state index contributed by atoms with van der Waals surface area (Å²) in [6.07, 6.45) is 2.80. The maximum atomic E-state index is 8.93. The molecule has 17 heavy (non-hydrogen) atoms. The molecule has 0 spiro atoms. The maximum absolute atomic E-state index is 8.93. The minimum Gasteiger partial charge on any atom is -0.375 e. The molecule has 0 amide bonds. The molecule has 0 saturated carbocycles. The highest BCUT2D eigenvalue weighted by Gasteiger charge is 2.22. The Morgan fingerprint density at radius 3 is 3.24 bits per heavy atom. The number of ether oxygens (including phenoxy) is 1. The minimum atomic E-state index is 0.215. The second kappa shape index (κ2) is 5.35. The van der Waals surface area contributed by atoms with Gasteiger partial charge in [-0.2, -0.15) is 5.26 Å². The Balaban J connectivity index is 2.25. The molecular formula is C12H14ClN3O. The molecule has 1 aromatic rings. The first-order valence-corrected chi connectivity index (χ1v) is 6.05. The van der Waals surface area contributed by atoms with E-state index in [1.807, 2.05) is 0 Å². The highest BCUT2D eigenvalue weighted by Crippen LogP contribution is 2.27. The Kier molecular flexibility index (Phi) is 3.82. The largest absolute Gasteiger partial charge is 0.375 e. The van der Waals surface area contributed by atoms with Crippen molar-refractivity contribution in [1.29, 1.82) is 5.26 Å². The van der Waals surface area contributed by atoms with Gasteiger partial charge in [-0.15, -0.1) is 0 Å². The number of halogens is 1. The number of aromatic nitrogens is 1. The van der Waals surface area contributed by atoms with E-state index in [4.69, 9.17) is 21.6 Å². The number of anilines is 1. The molecule has 4 nitrogen and oxygen atoms in total. The van der Waals surface area contributed by atoms with Crippen LogP contribution in [0.15, 0.2) is 12.3 Å². The van der Waals surface area contributed by atoms with Crippen molar-refractivity contribution in [3.05, 3.63) is 22.8 Å². The molecule has 1 aromatic heterocycles. The highest BCUT2D eigenvalue weighted by atomic mass is 35.5. The van der Waals surface area contributed by atoms with Crippen LogP contribution in [0.25, 0.3) is 0 Å². The quantitative estimate of drug-likeness (QED) is 0.809. The van der Waals surface area contributed by atoms with Gasteiger partial charge in [0.2, 0.25) is 0 Å². The summed E-state index contributed by atoms with van der Waals surface area (Å²) in [6, 6.07) is 3.70. The molecule has 0 radical (unpaired) electrons. The van der Waals surface area contributed by atoms with Gasteiger partial charge in [-0.3, -0.25) is 0 Å². The van der Waals surface area contributed by atoms with Gasteiger partial charge in [0.15, 0.2) is 0 Å². The van der Waals surface area contributed by atoms with Crippen molar-refractivity contribution in [2.45, 2.75) is 19.4 Å². The van der Waals surface area contributed by atoms with Gasteiger partial charge in [-0.05, 0) is 12.5 Å². The van der Waals surface area contributed by atoms with E-state index >= 15 is 0 Å². The lowest BCUT2D eigenvalue weighted by Crippen LogP contribution is -2.42. The SMILES string of the molecule is CCC1CN(c2nccc(C#N)c2Cl)CCO1. The topological polar surface area (TPSA) is 49.2 Å². The smallest absolute Gasteiger partial charge is 0.148 e. The Hall–Kier alpha value is -1.31. The Bertz CT molecular complexity index is 444. The molecule has 1 aliphatic heterocycles. The van der Waals surface area contributed by atoms with Crippen molar-refractivity contribution < 1.29 is 4.74 Å². The van der Waals surface area contributed by atoms with Crippen LogP contribution in [0.5, 0.6) is 0 Å². The number of hydrogen-bond donors (Lipinski definition) is 0. The van der Waals surface area contributed by atoms with Crippen LogP contribution in [-0.2, 0) is 4.74 Å². The minimum absolute atomic E-state index is 0.215. The molecule has 2 rings (SSSR count). The summed E-state index contributed by atoms with van der Waals surface area (Å²) in [7, 11) is 0. The molecule has 5 heteroatoms.